The minimum Gasteiger partial charge on any atom is -0.332 e. The van der Waals surface area contributed by atoms with Crippen molar-refractivity contribution < 1.29 is 14.4 Å². The molecule has 188 valence electrons. The highest BCUT2D eigenvalue weighted by Gasteiger charge is 2.56. The molecule has 3 amide bonds. The van der Waals surface area contributed by atoms with Crippen LogP contribution in [-0.4, -0.2) is 59.2 Å². The van der Waals surface area contributed by atoms with Gasteiger partial charge in [-0.1, -0.05) is 69.3 Å². The van der Waals surface area contributed by atoms with E-state index in [1.54, 1.807) is 7.05 Å². The molecule has 2 aliphatic rings. The molecule has 0 aromatic heterocycles. The van der Waals surface area contributed by atoms with Gasteiger partial charge in [-0.3, -0.25) is 14.4 Å². The van der Waals surface area contributed by atoms with E-state index in [0.29, 0.717) is 5.69 Å². The summed E-state index contributed by atoms with van der Waals surface area (Å²) in [6.45, 7) is 5.71. The molecule has 36 heavy (non-hydrogen) atoms. The van der Waals surface area contributed by atoms with Crippen molar-refractivity contribution in [2.24, 2.45) is 11.1 Å². The molecule has 4 rings (SSSR count). The Balaban J connectivity index is 1.69. The number of nitrogens with zero attached hydrogens (tertiary/aromatic N) is 3. The normalized spacial score (nSPS) is 22.5. The first-order chi connectivity index (χ1) is 17.0. The number of carbonyl (C=O) groups is 3. The van der Waals surface area contributed by atoms with E-state index in [4.69, 9.17) is 5.73 Å². The average molecular weight is 488 g/mol. The van der Waals surface area contributed by atoms with Gasteiger partial charge in [-0.15, -0.1) is 0 Å². The van der Waals surface area contributed by atoms with Crippen molar-refractivity contribution in [3.8, 4) is 6.07 Å². The molecule has 8 nitrogen and oxygen atoms in total. The Morgan fingerprint density at radius 1 is 1.19 bits per heavy atom. The smallest absolute Gasteiger partial charge is 0.246 e. The molecule has 4 atom stereocenters. The van der Waals surface area contributed by atoms with Crippen LogP contribution in [0.3, 0.4) is 0 Å². The lowest BCUT2D eigenvalue weighted by Crippen LogP contribution is -2.57. The fourth-order valence-electron chi connectivity index (χ4n) is 5.15. The molecular weight excluding hydrogens is 454 g/mol. The molecule has 0 radical (unpaired) electrons. The van der Waals surface area contributed by atoms with Crippen molar-refractivity contribution in [2.75, 3.05) is 18.9 Å². The van der Waals surface area contributed by atoms with E-state index in [9.17, 15) is 19.6 Å². The molecule has 3 N–H and O–H groups in total. The molecule has 1 spiro atoms. The second-order valence-corrected chi connectivity index (χ2v) is 10.9. The van der Waals surface area contributed by atoms with Crippen molar-refractivity contribution in [1.29, 1.82) is 5.26 Å². The van der Waals surface area contributed by atoms with Crippen LogP contribution in [0.25, 0.3) is 0 Å². The lowest BCUT2D eigenvalue weighted by molar-refractivity contribution is -0.146. The van der Waals surface area contributed by atoms with Crippen LogP contribution in [0, 0.1) is 16.7 Å². The summed E-state index contributed by atoms with van der Waals surface area (Å²) >= 11 is 0. The van der Waals surface area contributed by atoms with E-state index in [-0.39, 0.29) is 37.1 Å². The molecule has 2 heterocycles. The number of anilines is 1. The Morgan fingerprint density at radius 2 is 1.83 bits per heavy atom. The van der Waals surface area contributed by atoms with Crippen molar-refractivity contribution in [3.63, 3.8) is 0 Å². The molecule has 1 saturated heterocycles. The summed E-state index contributed by atoms with van der Waals surface area (Å²) in [6, 6.07) is 16.6. The number of rotatable bonds is 5. The first-order valence-electron chi connectivity index (χ1n) is 12.2. The van der Waals surface area contributed by atoms with Crippen molar-refractivity contribution in [3.05, 3.63) is 65.7 Å². The van der Waals surface area contributed by atoms with Gasteiger partial charge in [-0.25, -0.2) is 0 Å². The van der Waals surface area contributed by atoms with Crippen LogP contribution >= 0.6 is 0 Å². The zero-order valence-electron chi connectivity index (χ0n) is 21.2. The summed E-state index contributed by atoms with van der Waals surface area (Å²) in [5, 5.41) is 12.9. The van der Waals surface area contributed by atoms with Crippen LogP contribution in [0.15, 0.2) is 54.6 Å². The molecular formula is C28H33N5O3. The molecule has 2 aromatic carbocycles. The number of likely N-dealkylation sites (N-methyl/N-ethyl adjacent to an activating group) is 1. The zero-order valence-corrected chi connectivity index (χ0v) is 21.2. The van der Waals surface area contributed by atoms with E-state index >= 15 is 0 Å². The number of benzene rings is 2. The van der Waals surface area contributed by atoms with Gasteiger partial charge < -0.3 is 20.9 Å². The van der Waals surface area contributed by atoms with E-state index in [0.717, 1.165) is 11.1 Å². The fourth-order valence-corrected chi connectivity index (χ4v) is 5.15. The second kappa shape index (κ2) is 9.40. The third-order valence-electron chi connectivity index (χ3n) is 7.49. The minimum absolute atomic E-state index is 0.0750. The van der Waals surface area contributed by atoms with E-state index in [1.807, 2.05) is 75.4 Å². The van der Waals surface area contributed by atoms with Gasteiger partial charge >= 0.3 is 0 Å². The third kappa shape index (κ3) is 4.35. The average Bonchev–Trinajstić information content (AvgIpc) is 3.39. The highest BCUT2D eigenvalue weighted by Crippen LogP contribution is 2.46. The molecule has 0 unspecified atom stereocenters. The maximum Gasteiger partial charge on any atom is 0.246 e. The minimum atomic E-state index is -0.992. The van der Waals surface area contributed by atoms with Gasteiger partial charge in [-0.05, 0) is 22.6 Å². The van der Waals surface area contributed by atoms with E-state index < -0.39 is 29.0 Å². The van der Waals surface area contributed by atoms with Gasteiger partial charge in [0.25, 0.3) is 0 Å². The van der Waals surface area contributed by atoms with Crippen molar-refractivity contribution in [1.82, 2.24) is 9.80 Å². The number of nitriles is 1. The van der Waals surface area contributed by atoms with Crippen molar-refractivity contribution >= 4 is 23.4 Å². The summed E-state index contributed by atoms with van der Waals surface area (Å²) in [5.41, 5.74) is 7.17. The Hall–Kier alpha value is -3.70. The SMILES string of the molecule is CN(C(=O)[C@@H](N)C(C)(C)C)[C@@H](Cc1ccccc1)C(=O)N1C[C@]2(C[C@H]1C#N)C(=O)Nc1ccccc12. The third-order valence-corrected chi connectivity index (χ3v) is 7.49. The molecule has 2 aliphatic heterocycles. The van der Waals surface area contributed by atoms with Crippen LogP contribution in [-0.2, 0) is 26.2 Å². The second-order valence-electron chi connectivity index (χ2n) is 10.9. The largest absolute Gasteiger partial charge is 0.332 e. The monoisotopic (exact) mass is 487 g/mol. The van der Waals surface area contributed by atoms with Crippen LogP contribution in [0.4, 0.5) is 5.69 Å². The van der Waals surface area contributed by atoms with Gasteiger partial charge in [-0.2, -0.15) is 5.26 Å². The number of fused-ring (bicyclic) bond motifs is 2. The van der Waals surface area contributed by atoms with Crippen LogP contribution in [0.5, 0.6) is 0 Å². The maximum absolute atomic E-state index is 14.1. The maximum atomic E-state index is 14.1. The van der Waals surface area contributed by atoms with Crippen LogP contribution in [0.2, 0.25) is 0 Å². The highest BCUT2D eigenvalue weighted by molar-refractivity contribution is 6.07. The molecule has 8 heteroatoms. The molecule has 0 bridgehead atoms. The fraction of sp³-hybridized carbons (Fsp3) is 0.429. The number of carbonyl (C=O) groups excluding carboxylic acids is 3. The number of hydrogen-bond acceptors (Lipinski definition) is 5. The predicted octanol–water partition coefficient (Wildman–Crippen LogP) is 2.44. The predicted molar refractivity (Wildman–Crippen MR) is 137 cm³/mol. The van der Waals surface area contributed by atoms with Crippen LogP contribution in [0.1, 0.15) is 38.3 Å². The quantitative estimate of drug-likeness (QED) is 0.671. The topological polar surface area (TPSA) is 120 Å². The Morgan fingerprint density at radius 3 is 2.47 bits per heavy atom. The standard InChI is InChI=1S/C28H33N5O3/c1-27(2,3)23(30)25(35)32(4)22(14-18-10-6-5-7-11-18)24(34)33-17-28(15-19(33)16-29)20-12-8-9-13-21(20)31-26(28)36/h5-13,19,22-23H,14-15,17,30H2,1-4H3,(H,31,36)/t19-,22-,23+,28-/m0/s1. The number of hydrogen-bond donors (Lipinski definition) is 2. The van der Waals surface area contributed by atoms with Gasteiger partial charge in [0.2, 0.25) is 17.7 Å². The Bertz CT molecular complexity index is 1220. The highest BCUT2D eigenvalue weighted by atomic mass is 16.2. The summed E-state index contributed by atoms with van der Waals surface area (Å²) in [7, 11) is 1.59. The lowest BCUT2D eigenvalue weighted by Gasteiger charge is -2.36. The molecule has 2 aromatic rings. The lowest BCUT2D eigenvalue weighted by atomic mass is 9.80. The number of amides is 3. The van der Waals surface area contributed by atoms with Gasteiger partial charge in [0.05, 0.1) is 17.5 Å². The Labute approximate surface area is 212 Å². The van der Waals surface area contributed by atoms with Gasteiger partial charge in [0, 0.05) is 32.1 Å². The number of nitrogens with one attached hydrogen (secondary N) is 1. The first kappa shape index (κ1) is 25.4. The number of likely N-dealkylation sites (tertiary alicyclic amines) is 1. The number of nitrogens with two attached hydrogens (primary N) is 1. The first-order valence-corrected chi connectivity index (χ1v) is 12.2. The zero-order chi connectivity index (χ0) is 26.3. The van der Waals surface area contributed by atoms with Gasteiger partial charge in [0.15, 0.2) is 0 Å². The van der Waals surface area contributed by atoms with Gasteiger partial charge in [0.1, 0.15) is 12.1 Å². The van der Waals surface area contributed by atoms with Crippen molar-refractivity contribution in [2.45, 2.75) is 57.2 Å². The van der Waals surface area contributed by atoms with Crippen LogP contribution < -0.4 is 11.1 Å². The summed E-state index contributed by atoms with van der Waals surface area (Å²) in [5.74, 6) is -0.919. The summed E-state index contributed by atoms with van der Waals surface area (Å²) < 4.78 is 0. The number of para-hydroxylation sites is 1. The summed E-state index contributed by atoms with van der Waals surface area (Å²) in [4.78, 5) is 43.5. The molecule has 0 aliphatic carbocycles. The molecule has 1 fully saturated rings. The van der Waals surface area contributed by atoms with E-state index in [2.05, 4.69) is 11.4 Å². The molecule has 0 saturated carbocycles. The van der Waals surface area contributed by atoms with E-state index in [1.165, 1.54) is 9.80 Å². The summed E-state index contributed by atoms with van der Waals surface area (Å²) in [6.07, 6.45) is 0.471. The Kier molecular flexibility index (Phi) is 6.63.